The van der Waals surface area contributed by atoms with E-state index in [0.717, 1.165) is 0 Å². The Kier molecular flexibility index (Phi) is 6.02. The Labute approximate surface area is 193 Å². The summed E-state index contributed by atoms with van der Waals surface area (Å²) in [6.45, 7) is 0. The molecule has 170 valence electrons. The molecule has 0 aromatic heterocycles. The molecule has 1 aliphatic rings. The molecular weight excluding hydrogens is 450 g/mol. The van der Waals surface area contributed by atoms with E-state index in [4.69, 9.17) is 16.3 Å². The van der Waals surface area contributed by atoms with Gasteiger partial charge in [0.05, 0.1) is 6.04 Å². The van der Waals surface area contributed by atoms with Crippen LogP contribution in [-0.2, 0) is 22.4 Å². The molecule has 1 aliphatic heterocycles. The Bertz CT molecular complexity index is 1230. The number of aromatic hydroxyl groups is 4. The SMILES string of the molecule is O=CN1[C@H](C(=O)Oc2cccc(Cl)c2)Cc2cc(O)c(O)cc2[C@@H]1Cc1ccc(O)c(O)c1. The number of amides is 1. The highest BCUT2D eigenvalue weighted by molar-refractivity contribution is 6.30. The molecule has 0 saturated carbocycles. The van der Waals surface area contributed by atoms with Crippen LogP contribution < -0.4 is 4.74 Å². The third-order valence-electron chi connectivity index (χ3n) is 5.61. The van der Waals surface area contributed by atoms with Gasteiger partial charge in [-0.2, -0.15) is 0 Å². The lowest BCUT2D eigenvalue weighted by Crippen LogP contribution is -2.49. The lowest BCUT2D eigenvalue weighted by Gasteiger charge is -2.40. The van der Waals surface area contributed by atoms with Crippen LogP contribution in [-0.4, -0.2) is 43.7 Å². The van der Waals surface area contributed by atoms with Crippen molar-refractivity contribution in [3.63, 3.8) is 0 Å². The Morgan fingerprint density at radius 3 is 2.42 bits per heavy atom. The van der Waals surface area contributed by atoms with Crippen LogP contribution in [0.5, 0.6) is 28.7 Å². The number of fused-ring (bicyclic) bond motifs is 1. The topological polar surface area (TPSA) is 128 Å². The van der Waals surface area contributed by atoms with Crippen molar-refractivity contribution in [3.05, 3.63) is 76.3 Å². The van der Waals surface area contributed by atoms with Crippen molar-refractivity contribution in [2.45, 2.75) is 24.9 Å². The minimum Gasteiger partial charge on any atom is -0.504 e. The number of phenolic OH excluding ortho intramolecular Hbond substituents is 4. The fourth-order valence-electron chi connectivity index (χ4n) is 4.02. The van der Waals surface area contributed by atoms with Crippen molar-refractivity contribution in [3.8, 4) is 28.7 Å². The molecule has 0 spiro atoms. The Balaban J connectivity index is 1.73. The van der Waals surface area contributed by atoms with Crippen molar-refractivity contribution < 1.29 is 34.8 Å². The van der Waals surface area contributed by atoms with E-state index in [0.29, 0.717) is 28.1 Å². The van der Waals surface area contributed by atoms with Gasteiger partial charge in [0.1, 0.15) is 11.8 Å². The number of carbonyl (C=O) groups excluding carboxylic acids is 2. The van der Waals surface area contributed by atoms with E-state index in [1.54, 1.807) is 24.3 Å². The molecule has 0 fully saturated rings. The number of hydrogen-bond donors (Lipinski definition) is 4. The molecule has 2 atom stereocenters. The number of hydrogen-bond acceptors (Lipinski definition) is 7. The molecule has 0 unspecified atom stereocenters. The standard InChI is InChI=1S/C24H20ClNO7/c25-15-2-1-3-16(10-15)33-24(32)19-8-14-9-22(30)23(31)11-17(14)18(26(19)12-27)6-13-4-5-20(28)21(29)7-13/h1-5,7,9-12,18-19,28-31H,6,8H2/t18-,19-/m0/s1. The van der Waals surface area contributed by atoms with Gasteiger partial charge in [0.2, 0.25) is 6.41 Å². The zero-order valence-corrected chi connectivity index (χ0v) is 17.9. The summed E-state index contributed by atoms with van der Waals surface area (Å²) < 4.78 is 5.46. The van der Waals surface area contributed by atoms with Gasteiger partial charge >= 0.3 is 5.97 Å². The third kappa shape index (κ3) is 4.51. The van der Waals surface area contributed by atoms with Crippen molar-refractivity contribution in [2.24, 2.45) is 0 Å². The fourth-order valence-corrected chi connectivity index (χ4v) is 4.20. The van der Waals surface area contributed by atoms with E-state index in [9.17, 15) is 30.0 Å². The van der Waals surface area contributed by atoms with Crippen molar-refractivity contribution >= 4 is 24.0 Å². The van der Waals surface area contributed by atoms with Crippen LogP contribution in [0, 0.1) is 0 Å². The second-order valence-electron chi connectivity index (χ2n) is 7.73. The number of carbonyl (C=O) groups is 2. The zero-order chi connectivity index (χ0) is 23.7. The molecule has 0 bridgehead atoms. The summed E-state index contributed by atoms with van der Waals surface area (Å²) in [6, 6.07) is 11.5. The van der Waals surface area contributed by atoms with E-state index < -0.39 is 18.1 Å². The first-order chi connectivity index (χ1) is 15.8. The van der Waals surface area contributed by atoms with E-state index in [2.05, 4.69) is 0 Å². The third-order valence-corrected chi connectivity index (χ3v) is 5.84. The average Bonchev–Trinajstić information content (AvgIpc) is 2.77. The quantitative estimate of drug-likeness (QED) is 0.195. The first kappa shape index (κ1) is 22.3. The molecule has 4 N–H and O–H groups in total. The van der Waals surface area contributed by atoms with E-state index in [1.165, 1.54) is 35.2 Å². The summed E-state index contributed by atoms with van der Waals surface area (Å²) in [6.07, 6.45) is 0.741. The van der Waals surface area contributed by atoms with Crippen LogP contribution in [0.2, 0.25) is 5.02 Å². The van der Waals surface area contributed by atoms with Crippen LogP contribution in [0.4, 0.5) is 0 Å². The second kappa shape index (κ2) is 8.91. The smallest absolute Gasteiger partial charge is 0.334 e. The van der Waals surface area contributed by atoms with Gasteiger partial charge in [-0.3, -0.25) is 4.79 Å². The summed E-state index contributed by atoms with van der Waals surface area (Å²) in [7, 11) is 0. The number of esters is 1. The van der Waals surface area contributed by atoms with Gasteiger partial charge in [0.15, 0.2) is 23.0 Å². The minimum absolute atomic E-state index is 0.0542. The number of phenols is 4. The van der Waals surface area contributed by atoms with Crippen molar-refractivity contribution in [1.29, 1.82) is 0 Å². The molecule has 1 heterocycles. The van der Waals surface area contributed by atoms with Gasteiger partial charge < -0.3 is 30.1 Å². The monoisotopic (exact) mass is 469 g/mol. The highest BCUT2D eigenvalue weighted by atomic mass is 35.5. The molecule has 0 saturated heterocycles. The van der Waals surface area contributed by atoms with Crippen LogP contribution in [0.3, 0.4) is 0 Å². The number of nitrogens with zero attached hydrogens (tertiary/aromatic N) is 1. The van der Waals surface area contributed by atoms with Gasteiger partial charge in [-0.05, 0) is 65.6 Å². The normalized spacial score (nSPS) is 17.3. The maximum Gasteiger partial charge on any atom is 0.334 e. The molecular formula is C24H20ClNO7. The molecule has 4 rings (SSSR count). The van der Waals surface area contributed by atoms with Gasteiger partial charge in [-0.1, -0.05) is 23.7 Å². The summed E-state index contributed by atoms with van der Waals surface area (Å²) in [5, 5.41) is 39.9. The lowest BCUT2D eigenvalue weighted by molar-refractivity contribution is -0.146. The Morgan fingerprint density at radius 2 is 1.73 bits per heavy atom. The summed E-state index contributed by atoms with van der Waals surface area (Å²) in [5.41, 5.74) is 1.67. The molecule has 9 heteroatoms. The predicted molar refractivity (Wildman–Crippen MR) is 118 cm³/mol. The fraction of sp³-hybridized carbons (Fsp3) is 0.167. The minimum atomic E-state index is -1.02. The van der Waals surface area contributed by atoms with Crippen molar-refractivity contribution in [2.75, 3.05) is 0 Å². The van der Waals surface area contributed by atoms with Gasteiger partial charge in [0, 0.05) is 11.4 Å². The van der Waals surface area contributed by atoms with Gasteiger partial charge in [-0.25, -0.2) is 4.79 Å². The molecule has 3 aromatic carbocycles. The largest absolute Gasteiger partial charge is 0.504 e. The van der Waals surface area contributed by atoms with Gasteiger partial charge in [-0.15, -0.1) is 0 Å². The van der Waals surface area contributed by atoms with Crippen LogP contribution in [0.15, 0.2) is 54.6 Å². The molecule has 33 heavy (non-hydrogen) atoms. The maximum absolute atomic E-state index is 13.1. The maximum atomic E-state index is 13.1. The lowest BCUT2D eigenvalue weighted by atomic mass is 9.85. The van der Waals surface area contributed by atoms with E-state index >= 15 is 0 Å². The van der Waals surface area contributed by atoms with E-state index in [-0.39, 0.29) is 41.6 Å². The zero-order valence-electron chi connectivity index (χ0n) is 17.2. The van der Waals surface area contributed by atoms with Crippen molar-refractivity contribution in [1.82, 2.24) is 4.90 Å². The second-order valence-corrected chi connectivity index (χ2v) is 8.17. The van der Waals surface area contributed by atoms with Crippen LogP contribution >= 0.6 is 11.6 Å². The number of rotatable bonds is 5. The average molecular weight is 470 g/mol. The Hall–Kier alpha value is -3.91. The summed E-state index contributed by atoms with van der Waals surface area (Å²) in [5.74, 6) is -1.81. The highest BCUT2D eigenvalue weighted by Crippen LogP contribution is 2.41. The first-order valence-corrected chi connectivity index (χ1v) is 10.4. The summed E-state index contributed by atoms with van der Waals surface area (Å²) in [4.78, 5) is 26.5. The van der Waals surface area contributed by atoms with Crippen LogP contribution in [0.25, 0.3) is 0 Å². The molecule has 1 amide bonds. The van der Waals surface area contributed by atoms with E-state index in [1.807, 2.05) is 0 Å². The molecule has 3 aromatic rings. The predicted octanol–water partition coefficient (Wildman–Crippen LogP) is 3.43. The molecule has 0 aliphatic carbocycles. The van der Waals surface area contributed by atoms with Crippen LogP contribution in [0.1, 0.15) is 22.7 Å². The molecule has 0 radical (unpaired) electrons. The first-order valence-electron chi connectivity index (χ1n) is 10.0. The number of ether oxygens (including phenoxy) is 1. The highest BCUT2D eigenvalue weighted by Gasteiger charge is 2.39. The number of benzene rings is 3. The number of halogens is 1. The van der Waals surface area contributed by atoms with Gasteiger partial charge in [0.25, 0.3) is 0 Å². The molecule has 8 nitrogen and oxygen atoms in total. The Morgan fingerprint density at radius 1 is 1.00 bits per heavy atom. The summed E-state index contributed by atoms with van der Waals surface area (Å²) >= 11 is 5.96.